The zero-order valence-electron chi connectivity index (χ0n) is 17.3. The van der Waals surface area contributed by atoms with Gasteiger partial charge in [-0.2, -0.15) is 0 Å². The van der Waals surface area contributed by atoms with Crippen molar-refractivity contribution in [3.8, 4) is 0 Å². The molecule has 1 aromatic rings. The maximum absolute atomic E-state index is 13.2. The first-order chi connectivity index (χ1) is 14.7. The second-order valence-corrected chi connectivity index (χ2v) is 11.7. The van der Waals surface area contributed by atoms with Crippen LogP contribution in [-0.2, 0) is 14.6 Å². The summed E-state index contributed by atoms with van der Waals surface area (Å²) in [5.74, 6) is 0.312. The molecular weight excluding hydrogens is 440 g/mol. The van der Waals surface area contributed by atoms with Gasteiger partial charge in [0.1, 0.15) is 5.54 Å². The Labute approximate surface area is 185 Å². The van der Waals surface area contributed by atoms with E-state index in [4.69, 9.17) is 0 Å². The van der Waals surface area contributed by atoms with Gasteiger partial charge in [-0.05, 0) is 25.5 Å². The molecule has 0 spiro atoms. The maximum Gasteiger partial charge on any atom is 0.322 e. The molecule has 3 fully saturated rings. The van der Waals surface area contributed by atoms with Crippen LogP contribution >= 0.6 is 11.8 Å². The summed E-state index contributed by atoms with van der Waals surface area (Å²) in [6.45, 7) is 4.07. The van der Waals surface area contributed by atoms with Gasteiger partial charge in [-0.3, -0.25) is 19.8 Å². The molecule has 0 bridgehead atoms. The highest BCUT2D eigenvalue weighted by Crippen LogP contribution is 2.29. The van der Waals surface area contributed by atoms with Gasteiger partial charge in [0.05, 0.1) is 17.1 Å². The van der Waals surface area contributed by atoms with Crippen molar-refractivity contribution in [3.63, 3.8) is 0 Å². The fourth-order valence-electron chi connectivity index (χ4n) is 4.20. The van der Waals surface area contributed by atoms with Crippen molar-refractivity contribution in [2.75, 3.05) is 43.4 Å². The predicted octanol–water partition coefficient (Wildman–Crippen LogP) is 0.322. The monoisotopic (exact) mass is 466 g/mol. The SMILES string of the molecule is CC1(CSc2ccccc2C(=O)N2CCN(C3CCS(=O)(=O)C3)CC2)NC(=O)NC1=O. The molecule has 168 valence electrons. The van der Waals surface area contributed by atoms with Gasteiger partial charge in [0.25, 0.3) is 11.8 Å². The lowest BCUT2D eigenvalue weighted by atomic mass is 10.1. The van der Waals surface area contributed by atoms with Crippen LogP contribution in [0, 0.1) is 0 Å². The third-order valence-corrected chi connectivity index (χ3v) is 9.22. The Balaban J connectivity index is 1.38. The average molecular weight is 467 g/mol. The van der Waals surface area contributed by atoms with Gasteiger partial charge in [-0.15, -0.1) is 11.8 Å². The molecule has 4 amide bonds. The summed E-state index contributed by atoms with van der Waals surface area (Å²) in [5.41, 5.74) is -0.455. The predicted molar refractivity (Wildman–Crippen MR) is 117 cm³/mol. The van der Waals surface area contributed by atoms with Crippen molar-refractivity contribution < 1.29 is 22.8 Å². The number of rotatable bonds is 5. The van der Waals surface area contributed by atoms with Crippen molar-refractivity contribution in [1.82, 2.24) is 20.4 Å². The Hall–Kier alpha value is -2.11. The molecule has 2 unspecified atom stereocenters. The first kappa shape index (κ1) is 22.1. The number of carbonyl (C=O) groups is 3. The number of nitrogens with one attached hydrogen (secondary N) is 2. The molecule has 3 aliphatic rings. The van der Waals surface area contributed by atoms with Crippen molar-refractivity contribution in [2.45, 2.75) is 29.8 Å². The molecule has 2 atom stereocenters. The normalized spacial score (nSPS) is 28.4. The first-order valence-electron chi connectivity index (χ1n) is 10.3. The highest BCUT2D eigenvalue weighted by Gasteiger charge is 2.42. The molecule has 0 saturated carbocycles. The third-order valence-electron chi connectivity index (χ3n) is 6.08. The highest BCUT2D eigenvalue weighted by atomic mass is 32.2. The van der Waals surface area contributed by atoms with E-state index in [9.17, 15) is 22.8 Å². The van der Waals surface area contributed by atoms with Gasteiger partial charge < -0.3 is 10.2 Å². The molecule has 0 radical (unpaired) electrons. The quantitative estimate of drug-likeness (QED) is 0.474. The molecule has 2 N–H and O–H groups in total. The number of benzene rings is 1. The summed E-state index contributed by atoms with van der Waals surface area (Å²) >= 11 is 1.36. The average Bonchev–Trinajstić information content (AvgIpc) is 3.23. The van der Waals surface area contributed by atoms with E-state index >= 15 is 0 Å². The van der Waals surface area contributed by atoms with Crippen LogP contribution in [0.1, 0.15) is 23.7 Å². The van der Waals surface area contributed by atoms with E-state index in [1.807, 2.05) is 18.2 Å². The summed E-state index contributed by atoms with van der Waals surface area (Å²) in [4.78, 5) is 41.4. The molecule has 11 heteroatoms. The Bertz CT molecular complexity index is 1010. The Morgan fingerprint density at radius 1 is 1.19 bits per heavy atom. The Morgan fingerprint density at radius 2 is 1.90 bits per heavy atom. The van der Waals surface area contributed by atoms with Gasteiger partial charge in [-0.1, -0.05) is 12.1 Å². The third kappa shape index (κ3) is 4.73. The summed E-state index contributed by atoms with van der Waals surface area (Å²) in [5, 5.41) is 4.88. The van der Waals surface area contributed by atoms with Crippen molar-refractivity contribution in [1.29, 1.82) is 0 Å². The number of carbonyl (C=O) groups excluding carboxylic acids is 3. The maximum atomic E-state index is 13.2. The van der Waals surface area contributed by atoms with Gasteiger partial charge in [0.15, 0.2) is 9.84 Å². The first-order valence-corrected chi connectivity index (χ1v) is 13.1. The molecule has 0 aliphatic carbocycles. The van der Waals surface area contributed by atoms with Crippen LogP contribution in [0.2, 0.25) is 0 Å². The fourth-order valence-corrected chi connectivity index (χ4v) is 7.09. The molecule has 31 heavy (non-hydrogen) atoms. The summed E-state index contributed by atoms with van der Waals surface area (Å²) in [6, 6.07) is 6.81. The standard InChI is InChI=1S/C20H26N4O5S2/c1-20(18(26)21-19(27)22-20)13-30-16-5-3-2-4-15(16)17(25)24-9-7-23(8-10-24)14-6-11-31(28,29)12-14/h2-5,14H,6-13H2,1H3,(H2,21,22,26,27). The van der Waals surface area contributed by atoms with Gasteiger partial charge >= 0.3 is 6.03 Å². The number of hydrogen-bond donors (Lipinski definition) is 2. The number of piperazine rings is 1. The minimum absolute atomic E-state index is 0.0543. The Morgan fingerprint density at radius 3 is 2.52 bits per heavy atom. The highest BCUT2D eigenvalue weighted by molar-refractivity contribution is 7.99. The smallest absolute Gasteiger partial charge is 0.322 e. The number of nitrogens with zero attached hydrogens (tertiary/aromatic N) is 2. The van der Waals surface area contributed by atoms with Crippen LogP contribution in [0.3, 0.4) is 0 Å². The number of hydrogen-bond acceptors (Lipinski definition) is 7. The second-order valence-electron chi connectivity index (χ2n) is 8.41. The van der Waals surface area contributed by atoms with Gasteiger partial charge in [-0.25, -0.2) is 13.2 Å². The van der Waals surface area contributed by atoms with Gasteiger partial charge in [0.2, 0.25) is 0 Å². The van der Waals surface area contributed by atoms with Crippen LogP contribution in [0.4, 0.5) is 4.79 Å². The van der Waals surface area contributed by atoms with Crippen LogP contribution in [0.25, 0.3) is 0 Å². The molecule has 0 aromatic heterocycles. The van der Waals surface area contributed by atoms with E-state index in [-0.39, 0.29) is 29.4 Å². The molecule has 9 nitrogen and oxygen atoms in total. The molecule has 3 aliphatic heterocycles. The lowest BCUT2D eigenvalue weighted by Gasteiger charge is -2.37. The van der Waals surface area contributed by atoms with Crippen LogP contribution < -0.4 is 10.6 Å². The number of amides is 4. The molecule has 1 aromatic carbocycles. The minimum Gasteiger partial charge on any atom is -0.336 e. The van der Waals surface area contributed by atoms with Crippen molar-refractivity contribution in [2.24, 2.45) is 0 Å². The van der Waals surface area contributed by atoms with Gasteiger partial charge in [0, 0.05) is 42.9 Å². The minimum atomic E-state index is -2.93. The number of urea groups is 1. The number of thioether (sulfide) groups is 1. The van der Waals surface area contributed by atoms with E-state index in [2.05, 4.69) is 15.5 Å². The van der Waals surface area contributed by atoms with E-state index in [1.165, 1.54) is 11.8 Å². The number of imide groups is 1. The van der Waals surface area contributed by atoms with Crippen LogP contribution in [0.5, 0.6) is 0 Å². The molecule has 3 saturated heterocycles. The van der Waals surface area contributed by atoms with E-state index < -0.39 is 21.4 Å². The van der Waals surface area contributed by atoms with Crippen LogP contribution in [0.15, 0.2) is 29.2 Å². The molecular formula is C20H26N4O5S2. The van der Waals surface area contributed by atoms with E-state index in [0.717, 1.165) is 4.90 Å². The zero-order chi connectivity index (χ0) is 22.2. The zero-order valence-corrected chi connectivity index (χ0v) is 18.9. The Kier molecular flexibility index (Phi) is 6.01. The number of sulfone groups is 1. The lowest BCUT2D eigenvalue weighted by Crippen LogP contribution is -2.52. The summed E-state index contributed by atoms with van der Waals surface area (Å²) in [6.07, 6.45) is 0.665. The topological polar surface area (TPSA) is 116 Å². The van der Waals surface area contributed by atoms with E-state index in [0.29, 0.717) is 43.9 Å². The summed E-state index contributed by atoms with van der Waals surface area (Å²) < 4.78 is 23.5. The summed E-state index contributed by atoms with van der Waals surface area (Å²) in [7, 11) is -2.93. The van der Waals surface area contributed by atoms with Crippen LogP contribution in [-0.4, -0.2) is 91.1 Å². The molecule has 3 heterocycles. The van der Waals surface area contributed by atoms with Crippen molar-refractivity contribution >= 4 is 39.4 Å². The largest absolute Gasteiger partial charge is 0.336 e. The lowest BCUT2D eigenvalue weighted by molar-refractivity contribution is -0.122. The van der Waals surface area contributed by atoms with E-state index in [1.54, 1.807) is 17.9 Å². The second kappa shape index (κ2) is 8.44. The van der Waals surface area contributed by atoms with Crippen molar-refractivity contribution in [3.05, 3.63) is 29.8 Å². The molecule has 4 rings (SSSR count). The fraction of sp³-hybridized carbons (Fsp3) is 0.550.